The number of hydrogen-bond donors (Lipinski definition) is 0. The van der Waals surface area contributed by atoms with E-state index in [1.807, 2.05) is 18.7 Å². The van der Waals surface area contributed by atoms with E-state index in [2.05, 4.69) is 4.98 Å². The molecule has 0 spiro atoms. The lowest BCUT2D eigenvalue weighted by atomic mass is 9.97. The highest BCUT2D eigenvalue weighted by Crippen LogP contribution is 2.28. The first-order valence-corrected chi connectivity index (χ1v) is 11.6. The zero-order chi connectivity index (χ0) is 20.5. The molecule has 2 aromatic rings. The third kappa shape index (κ3) is 4.50. The van der Waals surface area contributed by atoms with Gasteiger partial charge < -0.3 is 4.90 Å². The summed E-state index contributed by atoms with van der Waals surface area (Å²) < 4.78 is 25.5. The molecule has 0 unspecified atom stereocenters. The molecule has 0 aliphatic carbocycles. The summed E-state index contributed by atoms with van der Waals surface area (Å²) >= 11 is 11.9. The van der Waals surface area contributed by atoms with Crippen LogP contribution in [0.25, 0.3) is 0 Å². The van der Waals surface area contributed by atoms with Crippen LogP contribution in [0.1, 0.15) is 49.3 Å². The number of carbonyl (C=O) groups excluding carboxylic acids is 1. The lowest BCUT2D eigenvalue weighted by Gasteiger charge is -2.38. The molecule has 0 N–H and O–H groups in total. The molecule has 0 radical (unpaired) electrons. The summed E-state index contributed by atoms with van der Waals surface area (Å²) in [5.74, 6) is -0.510. The molecule has 1 amide bonds. The van der Waals surface area contributed by atoms with Gasteiger partial charge in [-0.15, -0.1) is 0 Å². The molecular formula is C20H22Cl2N2O3S. The van der Waals surface area contributed by atoms with Gasteiger partial charge in [0.1, 0.15) is 5.69 Å². The molecule has 5 nitrogen and oxygen atoms in total. The predicted octanol–water partition coefficient (Wildman–Crippen LogP) is 4.77. The number of hydrogen-bond acceptors (Lipinski definition) is 4. The van der Waals surface area contributed by atoms with Gasteiger partial charge in [-0.25, -0.2) is 13.4 Å². The molecule has 1 saturated heterocycles. The van der Waals surface area contributed by atoms with Crippen LogP contribution in [0.15, 0.2) is 41.3 Å². The molecule has 1 aliphatic heterocycles. The van der Waals surface area contributed by atoms with Crippen LogP contribution in [0.2, 0.25) is 10.0 Å². The molecule has 0 saturated carbocycles. The summed E-state index contributed by atoms with van der Waals surface area (Å²) in [4.78, 5) is 19.2. The maximum absolute atomic E-state index is 13.0. The van der Waals surface area contributed by atoms with Crippen LogP contribution in [-0.2, 0) is 15.6 Å². The highest BCUT2D eigenvalue weighted by atomic mass is 35.5. The average Bonchev–Trinajstić information content (AvgIpc) is 2.61. The molecule has 28 heavy (non-hydrogen) atoms. The molecular weight excluding hydrogens is 419 g/mol. The fourth-order valence-corrected chi connectivity index (χ4v) is 5.73. The number of amides is 1. The number of rotatable bonds is 4. The van der Waals surface area contributed by atoms with Gasteiger partial charge in [-0.2, -0.15) is 0 Å². The average molecular weight is 441 g/mol. The number of halogens is 2. The number of benzene rings is 1. The second-order valence-corrected chi connectivity index (χ2v) is 9.99. The van der Waals surface area contributed by atoms with E-state index >= 15 is 0 Å². The standard InChI is InChI=1S/C20H22Cl2N2O3S/c1-13-5-3-6-14(2)24(13)20(25)18-8-4-7-16(23-18)12-28(26,27)19-10-9-15(21)11-17(19)22/h4,7-11,13-14H,3,5-6,12H2,1-2H3/t13-,14+. The van der Waals surface area contributed by atoms with E-state index in [1.54, 1.807) is 18.2 Å². The SMILES string of the molecule is C[C@@H]1CCC[C@H](C)N1C(=O)c1cccc(CS(=O)(=O)c2ccc(Cl)cc2Cl)n1. The van der Waals surface area contributed by atoms with Gasteiger partial charge in [-0.05, 0) is 63.4 Å². The predicted molar refractivity (Wildman–Crippen MR) is 111 cm³/mol. The maximum Gasteiger partial charge on any atom is 0.272 e. The first-order chi connectivity index (χ1) is 13.2. The molecule has 1 aromatic heterocycles. The Morgan fingerprint density at radius 1 is 1.14 bits per heavy atom. The van der Waals surface area contributed by atoms with E-state index in [9.17, 15) is 13.2 Å². The number of pyridine rings is 1. The first kappa shape index (κ1) is 21.1. The second-order valence-electron chi connectivity index (χ2n) is 7.19. The number of aromatic nitrogens is 1. The van der Waals surface area contributed by atoms with Crippen molar-refractivity contribution in [3.8, 4) is 0 Å². The van der Waals surface area contributed by atoms with Crippen molar-refractivity contribution in [2.24, 2.45) is 0 Å². The summed E-state index contributed by atoms with van der Waals surface area (Å²) in [6.07, 6.45) is 3.01. The zero-order valence-corrected chi connectivity index (χ0v) is 18.1. The number of nitrogens with zero attached hydrogens (tertiary/aromatic N) is 2. The van der Waals surface area contributed by atoms with Crippen molar-refractivity contribution >= 4 is 38.9 Å². The summed E-state index contributed by atoms with van der Waals surface area (Å²) in [5, 5.41) is 0.426. The van der Waals surface area contributed by atoms with Gasteiger partial charge in [0, 0.05) is 17.1 Å². The quantitative estimate of drug-likeness (QED) is 0.686. The van der Waals surface area contributed by atoms with Crippen LogP contribution < -0.4 is 0 Å². The minimum Gasteiger partial charge on any atom is -0.332 e. The Morgan fingerprint density at radius 3 is 2.46 bits per heavy atom. The fourth-order valence-electron chi connectivity index (χ4n) is 3.63. The van der Waals surface area contributed by atoms with Crippen molar-refractivity contribution in [1.29, 1.82) is 0 Å². The van der Waals surface area contributed by atoms with Crippen LogP contribution in [0, 0.1) is 0 Å². The van der Waals surface area contributed by atoms with Crippen LogP contribution in [0.3, 0.4) is 0 Å². The van der Waals surface area contributed by atoms with E-state index in [4.69, 9.17) is 23.2 Å². The molecule has 8 heteroatoms. The smallest absolute Gasteiger partial charge is 0.272 e. The van der Waals surface area contributed by atoms with Crippen molar-refractivity contribution in [2.45, 2.75) is 55.8 Å². The second kappa shape index (κ2) is 8.39. The topological polar surface area (TPSA) is 67.3 Å². The molecule has 2 atom stereocenters. The first-order valence-electron chi connectivity index (χ1n) is 9.15. The van der Waals surface area contributed by atoms with Gasteiger partial charge in [0.15, 0.2) is 9.84 Å². The van der Waals surface area contributed by atoms with E-state index in [1.165, 1.54) is 18.2 Å². The maximum atomic E-state index is 13.0. The Bertz CT molecular complexity index is 985. The van der Waals surface area contributed by atoms with Gasteiger partial charge in [0.2, 0.25) is 0 Å². The zero-order valence-electron chi connectivity index (χ0n) is 15.7. The van der Waals surface area contributed by atoms with Gasteiger partial charge in [-0.1, -0.05) is 29.3 Å². The highest BCUT2D eigenvalue weighted by molar-refractivity contribution is 7.90. The monoisotopic (exact) mass is 440 g/mol. The van der Waals surface area contributed by atoms with Crippen molar-refractivity contribution in [2.75, 3.05) is 0 Å². The summed E-state index contributed by atoms with van der Waals surface area (Å²) in [7, 11) is -3.73. The van der Waals surface area contributed by atoms with E-state index in [-0.39, 0.29) is 39.4 Å². The third-order valence-electron chi connectivity index (χ3n) is 5.02. The highest BCUT2D eigenvalue weighted by Gasteiger charge is 2.30. The summed E-state index contributed by atoms with van der Waals surface area (Å²) in [6, 6.07) is 9.41. The van der Waals surface area contributed by atoms with Crippen LogP contribution in [0.5, 0.6) is 0 Å². The number of sulfone groups is 1. The Balaban J connectivity index is 1.86. The molecule has 1 fully saturated rings. The number of carbonyl (C=O) groups is 1. The van der Waals surface area contributed by atoms with Gasteiger partial charge in [-0.3, -0.25) is 4.79 Å². The molecule has 150 valence electrons. The fraction of sp³-hybridized carbons (Fsp3) is 0.400. The van der Waals surface area contributed by atoms with Gasteiger partial charge in [0.05, 0.1) is 21.4 Å². The van der Waals surface area contributed by atoms with E-state index in [0.29, 0.717) is 10.7 Å². The summed E-state index contributed by atoms with van der Waals surface area (Å²) in [5.41, 5.74) is 0.560. The van der Waals surface area contributed by atoms with Crippen molar-refractivity contribution in [1.82, 2.24) is 9.88 Å². The molecule has 2 heterocycles. The Hall–Kier alpha value is -1.63. The summed E-state index contributed by atoms with van der Waals surface area (Å²) in [6.45, 7) is 4.06. The van der Waals surface area contributed by atoms with Crippen molar-refractivity contribution in [3.63, 3.8) is 0 Å². The largest absolute Gasteiger partial charge is 0.332 e. The molecule has 3 rings (SSSR count). The molecule has 0 bridgehead atoms. The Labute approximate surface area is 175 Å². The number of likely N-dealkylation sites (tertiary alicyclic amines) is 1. The molecule has 1 aromatic carbocycles. The van der Waals surface area contributed by atoms with Crippen molar-refractivity contribution in [3.05, 3.63) is 57.8 Å². The van der Waals surface area contributed by atoms with Gasteiger partial charge >= 0.3 is 0 Å². The third-order valence-corrected chi connectivity index (χ3v) is 7.38. The van der Waals surface area contributed by atoms with E-state index in [0.717, 1.165) is 19.3 Å². The van der Waals surface area contributed by atoms with Crippen molar-refractivity contribution < 1.29 is 13.2 Å². The minimum absolute atomic E-state index is 0.00429. The molecule has 1 aliphatic rings. The van der Waals surface area contributed by atoms with Gasteiger partial charge in [0.25, 0.3) is 5.91 Å². The van der Waals surface area contributed by atoms with Crippen LogP contribution in [-0.4, -0.2) is 36.3 Å². The van der Waals surface area contributed by atoms with Crippen LogP contribution in [0.4, 0.5) is 0 Å². The van der Waals surface area contributed by atoms with E-state index < -0.39 is 9.84 Å². The number of piperidine rings is 1. The van der Waals surface area contributed by atoms with Crippen LogP contribution >= 0.6 is 23.2 Å². The lowest BCUT2D eigenvalue weighted by Crippen LogP contribution is -2.47. The minimum atomic E-state index is -3.73. The normalized spacial score (nSPS) is 20.2. The Kier molecular flexibility index (Phi) is 6.32. The Morgan fingerprint density at radius 2 is 1.82 bits per heavy atom. The lowest BCUT2D eigenvalue weighted by molar-refractivity contribution is 0.0504.